The van der Waals surface area contributed by atoms with Crippen molar-refractivity contribution in [3.63, 3.8) is 0 Å². The Balaban J connectivity index is 1.32. The quantitative estimate of drug-likeness (QED) is 0.235. The minimum absolute atomic E-state index is 0.130. The van der Waals surface area contributed by atoms with Gasteiger partial charge in [0.15, 0.2) is 5.11 Å². The summed E-state index contributed by atoms with van der Waals surface area (Å²) in [6.07, 6.45) is 1.74. The third-order valence-electron chi connectivity index (χ3n) is 6.33. The van der Waals surface area contributed by atoms with E-state index in [4.69, 9.17) is 38.0 Å². The average molecular weight is 547 g/mol. The Morgan fingerprint density at radius 2 is 1.39 bits per heavy atom. The molecule has 0 aliphatic carbocycles. The number of para-hydroxylation sites is 2. The van der Waals surface area contributed by atoms with E-state index in [0.29, 0.717) is 53.2 Å². The maximum Gasteiger partial charge on any atom is 0.235 e. The van der Waals surface area contributed by atoms with Gasteiger partial charge in [0.25, 0.3) is 0 Å². The summed E-state index contributed by atoms with van der Waals surface area (Å²) < 4.78 is 17.6. The molecule has 1 fully saturated rings. The molecule has 5 rings (SSSR count). The van der Waals surface area contributed by atoms with E-state index in [1.807, 2.05) is 72.8 Å². The molecule has 0 spiro atoms. The normalized spacial score (nSPS) is 14.3. The standard InChI is InChI=1S/C29H27ClN4O3S/c30-22-13-11-21(12-14-22)29(15-17-35-18-16-29)20-31-28(38)34-27-32-25(36-23-7-3-1-4-8-23)19-26(33-27)37-24-9-5-2-6-10-24/h1-14,19H,15-18,20H2,(H2,31,32,33,34,38). The van der Waals surface area contributed by atoms with Gasteiger partial charge in [-0.3, -0.25) is 0 Å². The molecule has 0 unspecified atom stereocenters. The van der Waals surface area contributed by atoms with Crippen LogP contribution in [0.5, 0.6) is 23.3 Å². The maximum absolute atomic E-state index is 6.14. The van der Waals surface area contributed by atoms with Crippen molar-refractivity contribution < 1.29 is 14.2 Å². The number of thiocarbonyl (C=S) groups is 1. The molecule has 38 heavy (non-hydrogen) atoms. The fourth-order valence-corrected chi connectivity index (χ4v) is 4.60. The summed E-state index contributed by atoms with van der Waals surface area (Å²) in [6, 6.07) is 28.4. The highest BCUT2D eigenvalue weighted by Gasteiger charge is 2.34. The lowest BCUT2D eigenvalue weighted by Gasteiger charge is -2.38. The molecule has 1 aromatic heterocycles. The molecular formula is C29H27ClN4O3S. The monoisotopic (exact) mass is 546 g/mol. The molecule has 0 radical (unpaired) electrons. The smallest absolute Gasteiger partial charge is 0.235 e. The number of rotatable bonds is 8. The highest BCUT2D eigenvalue weighted by Crippen LogP contribution is 2.35. The second-order valence-corrected chi connectivity index (χ2v) is 9.75. The number of hydrogen-bond acceptors (Lipinski definition) is 6. The average Bonchev–Trinajstić information content (AvgIpc) is 2.94. The Hall–Kier alpha value is -3.72. The van der Waals surface area contributed by atoms with Crippen LogP contribution in [-0.2, 0) is 10.2 Å². The summed E-state index contributed by atoms with van der Waals surface area (Å²) in [5.41, 5.74) is 1.07. The molecule has 7 nitrogen and oxygen atoms in total. The van der Waals surface area contributed by atoms with E-state index < -0.39 is 0 Å². The number of nitrogens with one attached hydrogen (secondary N) is 2. The zero-order valence-corrected chi connectivity index (χ0v) is 22.2. The number of anilines is 1. The van der Waals surface area contributed by atoms with Gasteiger partial charge in [-0.25, -0.2) is 0 Å². The highest BCUT2D eigenvalue weighted by atomic mass is 35.5. The number of aromatic nitrogens is 2. The van der Waals surface area contributed by atoms with Crippen LogP contribution >= 0.6 is 23.8 Å². The minimum Gasteiger partial charge on any atom is -0.439 e. The predicted octanol–water partition coefficient (Wildman–Crippen LogP) is 6.75. The lowest BCUT2D eigenvalue weighted by molar-refractivity contribution is 0.0515. The van der Waals surface area contributed by atoms with Gasteiger partial charge in [0.2, 0.25) is 17.7 Å². The second-order valence-electron chi connectivity index (χ2n) is 8.91. The Bertz CT molecular complexity index is 1290. The fraction of sp³-hybridized carbons (Fsp3) is 0.207. The molecule has 0 bridgehead atoms. The second kappa shape index (κ2) is 12.2. The van der Waals surface area contributed by atoms with E-state index in [9.17, 15) is 0 Å². The molecule has 0 atom stereocenters. The van der Waals surface area contributed by atoms with E-state index in [0.717, 1.165) is 12.8 Å². The molecule has 2 N–H and O–H groups in total. The fourth-order valence-electron chi connectivity index (χ4n) is 4.31. The lowest BCUT2D eigenvalue weighted by Crippen LogP contribution is -2.45. The third-order valence-corrected chi connectivity index (χ3v) is 6.83. The van der Waals surface area contributed by atoms with Crippen molar-refractivity contribution in [2.75, 3.05) is 25.1 Å². The molecule has 3 aromatic carbocycles. The first-order chi connectivity index (χ1) is 18.6. The van der Waals surface area contributed by atoms with Crippen LogP contribution in [0, 0.1) is 0 Å². The zero-order chi connectivity index (χ0) is 26.2. The van der Waals surface area contributed by atoms with Crippen molar-refractivity contribution in [3.8, 4) is 23.3 Å². The van der Waals surface area contributed by atoms with Crippen LogP contribution in [0.4, 0.5) is 5.95 Å². The summed E-state index contributed by atoms with van der Waals surface area (Å²) in [5, 5.41) is 7.57. The van der Waals surface area contributed by atoms with Gasteiger partial charge in [0.05, 0.1) is 6.07 Å². The molecule has 194 valence electrons. The summed E-state index contributed by atoms with van der Waals surface area (Å²) >= 11 is 11.8. The number of ether oxygens (including phenoxy) is 3. The molecule has 1 saturated heterocycles. The van der Waals surface area contributed by atoms with Crippen molar-refractivity contribution in [2.45, 2.75) is 18.3 Å². The number of benzene rings is 3. The Kier molecular flexibility index (Phi) is 8.33. The van der Waals surface area contributed by atoms with Gasteiger partial charge in [0, 0.05) is 30.2 Å². The van der Waals surface area contributed by atoms with Crippen molar-refractivity contribution >= 4 is 34.9 Å². The van der Waals surface area contributed by atoms with E-state index in [1.165, 1.54) is 5.56 Å². The van der Waals surface area contributed by atoms with Crippen molar-refractivity contribution in [1.82, 2.24) is 15.3 Å². The molecule has 0 saturated carbocycles. The number of hydrogen-bond donors (Lipinski definition) is 2. The highest BCUT2D eigenvalue weighted by molar-refractivity contribution is 7.80. The Labute approximate surface area is 232 Å². The van der Waals surface area contributed by atoms with E-state index >= 15 is 0 Å². The Morgan fingerprint density at radius 1 is 0.842 bits per heavy atom. The van der Waals surface area contributed by atoms with Gasteiger partial charge < -0.3 is 24.8 Å². The molecule has 1 aliphatic rings. The molecule has 4 aromatic rings. The summed E-state index contributed by atoms with van der Waals surface area (Å²) in [5.74, 6) is 2.20. The largest absolute Gasteiger partial charge is 0.439 e. The summed E-state index contributed by atoms with van der Waals surface area (Å²) in [4.78, 5) is 9.01. The summed E-state index contributed by atoms with van der Waals surface area (Å²) in [6.45, 7) is 2.00. The van der Waals surface area contributed by atoms with Crippen LogP contribution in [-0.4, -0.2) is 34.8 Å². The van der Waals surface area contributed by atoms with Gasteiger partial charge >= 0.3 is 0 Å². The first-order valence-corrected chi connectivity index (χ1v) is 13.1. The first kappa shape index (κ1) is 25.9. The first-order valence-electron chi connectivity index (χ1n) is 12.3. The maximum atomic E-state index is 6.14. The van der Waals surface area contributed by atoms with Gasteiger partial charge in [-0.1, -0.05) is 60.1 Å². The number of halogens is 1. The van der Waals surface area contributed by atoms with Crippen LogP contribution in [0.25, 0.3) is 0 Å². The lowest BCUT2D eigenvalue weighted by atomic mass is 9.74. The van der Waals surface area contributed by atoms with Crippen LogP contribution in [0.1, 0.15) is 18.4 Å². The van der Waals surface area contributed by atoms with Crippen molar-refractivity contribution in [1.29, 1.82) is 0 Å². The van der Waals surface area contributed by atoms with Gasteiger partial charge in [-0.2, -0.15) is 9.97 Å². The minimum atomic E-state index is -0.130. The summed E-state index contributed by atoms with van der Waals surface area (Å²) in [7, 11) is 0. The molecule has 0 amide bonds. The van der Waals surface area contributed by atoms with E-state index in [1.54, 1.807) is 6.07 Å². The molecule has 2 heterocycles. The van der Waals surface area contributed by atoms with Crippen LogP contribution in [0.3, 0.4) is 0 Å². The number of nitrogens with zero attached hydrogens (tertiary/aromatic N) is 2. The van der Waals surface area contributed by atoms with Crippen LogP contribution in [0.15, 0.2) is 91.0 Å². The van der Waals surface area contributed by atoms with Crippen LogP contribution < -0.4 is 20.1 Å². The third kappa shape index (κ3) is 6.77. The van der Waals surface area contributed by atoms with Gasteiger partial charge in [-0.15, -0.1) is 0 Å². The van der Waals surface area contributed by atoms with Crippen LogP contribution in [0.2, 0.25) is 5.02 Å². The van der Waals surface area contributed by atoms with Gasteiger partial charge in [-0.05, 0) is 67.0 Å². The predicted molar refractivity (Wildman–Crippen MR) is 152 cm³/mol. The molecule has 9 heteroatoms. The van der Waals surface area contributed by atoms with Crippen molar-refractivity contribution in [2.24, 2.45) is 0 Å². The molecular weight excluding hydrogens is 520 g/mol. The zero-order valence-electron chi connectivity index (χ0n) is 20.6. The topological polar surface area (TPSA) is 77.5 Å². The van der Waals surface area contributed by atoms with E-state index in [-0.39, 0.29) is 11.4 Å². The van der Waals surface area contributed by atoms with E-state index in [2.05, 4.69) is 32.7 Å². The van der Waals surface area contributed by atoms with Gasteiger partial charge in [0.1, 0.15) is 11.5 Å². The SMILES string of the molecule is S=C(NCC1(c2ccc(Cl)cc2)CCOCC1)Nc1nc(Oc2ccccc2)cc(Oc2ccccc2)n1. The van der Waals surface area contributed by atoms with Crippen molar-refractivity contribution in [3.05, 3.63) is 102 Å². The molecule has 1 aliphatic heterocycles. The Morgan fingerprint density at radius 3 is 1.95 bits per heavy atom.